The van der Waals surface area contributed by atoms with Gasteiger partial charge >= 0.3 is 0 Å². The van der Waals surface area contributed by atoms with Crippen LogP contribution in [-0.4, -0.2) is 43.3 Å². The standard InChI is InChI=1S/C21H26N6O2/c1-12-18(13(2)27-26-12)11-22-20(29)17-5-3-4-14-10-23-21(25-19(14)17)24-15-6-8-16(28)9-7-15/h3-5,10,15-16,28H,6-9,11H2,1-2H3,(H,22,29)(H,26,27)(H,23,24,25)/t15-,16-. The Morgan fingerprint density at radius 1 is 1.24 bits per heavy atom. The van der Waals surface area contributed by atoms with E-state index in [1.807, 2.05) is 26.0 Å². The van der Waals surface area contributed by atoms with Gasteiger partial charge in [-0.1, -0.05) is 12.1 Å². The molecule has 1 aromatic carbocycles. The number of hydrogen-bond acceptors (Lipinski definition) is 6. The molecule has 8 heteroatoms. The Balaban J connectivity index is 1.53. The van der Waals surface area contributed by atoms with Crippen LogP contribution in [0.25, 0.3) is 10.9 Å². The van der Waals surface area contributed by atoms with Crippen molar-refractivity contribution in [3.05, 3.63) is 46.9 Å². The molecule has 2 aromatic heterocycles. The maximum atomic E-state index is 12.9. The third kappa shape index (κ3) is 4.22. The highest BCUT2D eigenvalue weighted by molar-refractivity contribution is 6.05. The largest absolute Gasteiger partial charge is 0.393 e. The molecule has 0 aliphatic heterocycles. The molecule has 29 heavy (non-hydrogen) atoms. The molecule has 0 radical (unpaired) electrons. The third-order valence-electron chi connectivity index (χ3n) is 5.59. The van der Waals surface area contributed by atoms with Crippen molar-refractivity contribution in [2.45, 2.75) is 58.2 Å². The van der Waals surface area contributed by atoms with Crippen LogP contribution >= 0.6 is 0 Å². The molecule has 4 rings (SSSR count). The van der Waals surface area contributed by atoms with Gasteiger partial charge in [0, 0.05) is 35.4 Å². The van der Waals surface area contributed by atoms with Gasteiger partial charge in [-0.2, -0.15) is 5.10 Å². The first-order valence-electron chi connectivity index (χ1n) is 10.0. The first-order chi connectivity index (χ1) is 14.0. The zero-order chi connectivity index (χ0) is 20.4. The van der Waals surface area contributed by atoms with E-state index in [-0.39, 0.29) is 18.1 Å². The Morgan fingerprint density at radius 2 is 2.03 bits per heavy atom. The first kappa shape index (κ1) is 19.3. The minimum absolute atomic E-state index is 0.180. The maximum absolute atomic E-state index is 12.9. The molecule has 8 nitrogen and oxygen atoms in total. The number of benzene rings is 1. The molecule has 1 fully saturated rings. The zero-order valence-electron chi connectivity index (χ0n) is 16.7. The number of nitrogens with zero attached hydrogens (tertiary/aromatic N) is 3. The lowest BCUT2D eigenvalue weighted by molar-refractivity contribution is 0.0952. The second-order valence-corrected chi connectivity index (χ2v) is 7.68. The normalized spacial score (nSPS) is 19.3. The molecule has 1 aliphatic carbocycles. The molecule has 152 valence electrons. The molecule has 1 saturated carbocycles. The van der Waals surface area contributed by atoms with E-state index in [4.69, 9.17) is 0 Å². The fourth-order valence-corrected chi connectivity index (χ4v) is 3.81. The minimum Gasteiger partial charge on any atom is -0.393 e. The number of aromatic amines is 1. The van der Waals surface area contributed by atoms with Gasteiger partial charge in [-0.25, -0.2) is 9.97 Å². The summed E-state index contributed by atoms with van der Waals surface area (Å²) in [5.41, 5.74) is 3.97. The molecular weight excluding hydrogens is 368 g/mol. The Bertz CT molecular complexity index is 1000. The summed E-state index contributed by atoms with van der Waals surface area (Å²) in [5.74, 6) is 0.335. The van der Waals surface area contributed by atoms with Crippen molar-refractivity contribution in [3.8, 4) is 0 Å². The van der Waals surface area contributed by atoms with Gasteiger partial charge in [-0.05, 0) is 45.6 Å². The Kier molecular flexibility index (Phi) is 5.44. The zero-order valence-corrected chi connectivity index (χ0v) is 16.7. The fraction of sp³-hybridized carbons (Fsp3) is 0.429. The summed E-state index contributed by atoms with van der Waals surface area (Å²) in [6.45, 7) is 4.26. The van der Waals surface area contributed by atoms with Crippen molar-refractivity contribution in [1.82, 2.24) is 25.5 Å². The van der Waals surface area contributed by atoms with Gasteiger partial charge in [0.2, 0.25) is 5.95 Å². The smallest absolute Gasteiger partial charge is 0.253 e. The van der Waals surface area contributed by atoms with Crippen LogP contribution in [0, 0.1) is 13.8 Å². The lowest BCUT2D eigenvalue weighted by Crippen LogP contribution is -2.29. The Hall–Kier alpha value is -3.00. The first-order valence-corrected chi connectivity index (χ1v) is 10.0. The number of fused-ring (bicyclic) bond motifs is 1. The van der Waals surface area contributed by atoms with E-state index in [1.54, 1.807) is 12.3 Å². The number of aliphatic hydroxyl groups is 1. The fourth-order valence-electron chi connectivity index (χ4n) is 3.81. The molecule has 0 spiro atoms. The van der Waals surface area contributed by atoms with Crippen molar-refractivity contribution in [2.24, 2.45) is 0 Å². The third-order valence-corrected chi connectivity index (χ3v) is 5.59. The number of amides is 1. The minimum atomic E-state index is -0.205. The van der Waals surface area contributed by atoms with Gasteiger partial charge in [-0.15, -0.1) is 0 Å². The SMILES string of the molecule is Cc1n[nH]c(C)c1CNC(=O)c1cccc2cnc(N[C@H]3CC[C@H](O)CC3)nc12. The summed E-state index contributed by atoms with van der Waals surface area (Å²) in [7, 11) is 0. The lowest BCUT2D eigenvalue weighted by Gasteiger charge is -2.26. The topological polar surface area (TPSA) is 116 Å². The molecule has 2 heterocycles. The van der Waals surface area contributed by atoms with Gasteiger partial charge in [0.15, 0.2) is 0 Å². The molecule has 1 aliphatic rings. The molecule has 4 N–H and O–H groups in total. The van der Waals surface area contributed by atoms with Gasteiger partial charge in [0.1, 0.15) is 0 Å². The van der Waals surface area contributed by atoms with Crippen LogP contribution in [0.5, 0.6) is 0 Å². The van der Waals surface area contributed by atoms with Gasteiger partial charge < -0.3 is 15.7 Å². The number of hydrogen-bond donors (Lipinski definition) is 4. The van der Waals surface area contributed by atoms with E-state index in [0.717, 1.165) is 48.0 Å². The van der Waals surface area contributed by atoms with Gasteiger partial charge in [-0.3, -0.25) is 9.89 Å². The van der Waals surface area contributed by atoms with Crippen molar-refractivity contribution in [2.75, 3.05) is 5.32 Å². The number of nitrogens with one attached hydrogen (secondary N) is 3. The van der Waals surface area contributed by atoms with E-state index in [9.17, 15) is 9.90 Å². The predicted octanol–water partition coefficient (Wildman–Crippen LogP) is 2.62. The summed E-state index contributed by atoms with van der Waals surface area (Å²) < 4.78 is 0. The van der Waals surface area contributed by atoms with E-state index >= 15 is 0 Å². The van der Waals surface area contributed by atoms with E-state index in [2.05, 4.69) is 30.8 Å². The summed E-state index contributed by atoms with van der Waals surface area (Å²) in [4.78, 5) is 21.9. The van der Waals surface area contributed by atoms with E-state index in [1.165, 1.54) is 0 Å². The quantitative estimate of drug-likeness (QED) is 0.529. The molecule has 0 unspecified atom stereocenters. The van der Waals surface area contributed by atoms with Crippen molar-refractivity contribution in [1.29, 1.82) is 0 Å². The number of anilines is 1. The highest BCUT2D eigenvalue weighted by atomic mass is 16.3. The predicted molar refractivity (Wildman–Crippen MR) is 111 cm³/mol. The van der Waals surface area contributed by atoms with Crippen molar-refractivity contribution in [3.63, 3.8) is 0 Å². The molecule has 0 atom stereocenters. The summed E-state index contributed by atoms with van der Waals surface area (Å²) in [6.07, 6.45) is 4.87. The van der Waals surface area contributed by atoms with Gasteiger partial charge in [0.25, 0.3) is 5.91 Å². The van der Waals surface area contributed by atoms with E-state index < -0.39 is 0 Å². The molecular formula is C21H26N6O2. The summed E-state index contributed by atoms with van der Waals surface area (Å²) in [5, 5.41) is 23.9. The summed E-state index contributed by atoms with van der Waals surface area (Å²) in [6, 6.07) is 5.76. The number of carbonyl (C=O) groups is 1. The van der Waals surface area contributed by atoms with Crippen LogP contribution in [-0.2, 0) is 6.54 Å². The maximum Gasteiger partial charge on any atom is 0.253 e. The number of carbonyl (C=O) groups excluding carboxylic acids is 1. The molecule has 1 amide bonds. The van der Waals surface area contributed by atoms with Crippen LogP contribution in [0.1, 0.15) is 53.0 Å². The number of para-hydroxylation sites is 1. The van der Waals surface area contributed by atoms with Crippen molar-refractivity contribution >= 4 is 22.8 Å². The summed E-state index contributed by atoms with van der Waals surface area (Å²) >= 11 is 0. The number of rotatable bonds is 5. The number of aliphatic hydroxyl groups excluding tert-OH is 1. The van der Waals surface area contributed by atoms with Crippen molar-refractivity contribution < 1.29 is 9.90 Å². The Labute approximate surface area is 169 Å². The van der Waals surface area contributed by atoms with Crippen LogP contribution in [0.4, 0.5) is 5.95 Å². The second-order valence-electron chi connectivity index (χ2n) is 7.68. The number of aryl methyl sites for hydroxylation is 2. The van der Waals surface area contributed by atoms with Crippen LogP contribution in [0.2, 0.25) is 0 Å². The lowest BCUT2D eigenvalue weighted by atomic mass is 9.93. The van der Waals surface area contributed by atoms with E-state index in [0.29, 0.717) is 23.6 Å². The highest BCUT2D eigenvalue weighted by Gasteiger charge is 2.20. The highest BCUT2D eigenvalue weighted by Crippen LogP contribution is 2.23. The average molecular weight is 394 g/mol. The molecule has 3 aromatic rings. The van der Waals surface area contributed by atoms with Crippen LogP contribution in [0.3, 0.4) is 0 Å². The number of H-pyrrole nitrogens is 1. The van der Waals surface area contributed by atoms with Crippen LogP contribution in [0.15, 0.2) is 24.4 Å². The molecule has 0 bridgehead atoms. The number of aromatic nitrogens is 4. The average Bonchev–Trinajstić information content (AvgIpc) is 3.05. The monoisotopic (exact) mass is 394 g/mol. The Morgan fingerprint density at radius 3 is 2.76 bits per heavy atom. The second kappa shape index (κ2) is 8.16. The molecule has 0 saturated heterocycles. The van der Waals surface area contributed by atoms with Gasteiger partial charge in [0.05, 0.1) is 22.9 Å². The van der Waals surface area contributed by atoms with Crippen LogP contribution < -0.4 is 10.6 Å².